The summed E-state index contributed by atoms with van der Waals surface area (Å²) in [5.41, 5.74) is 1.68. The smallest absolute Gasteiger partial charge is 0.234 e. The summed E-state index contributed by atoms with van der Waals surface area (Å²) in [5, 5.41) is 12.8. The first kappa shape index (κ1) is 23.5. The highest BCUT2D eigenvalue weighted by molar-refractivity contribution is 7.99. The largest absolute Gasteiger partial charge is 0.497 e. The lowest BCUT2D eigenvalue weighted by Crippen LogP contribution is -2.17. The van der Waals surface area contributed by atoms with Gasteiger partial charge in [-0.25, -0.2) is 0 Å². The van der Waals surface area contributed by atoms with E-state index in [2.05, 4.69) is 20.1 Å². The van der Waals surface area contributed by atoms with Crippen molar-refractivity contribution in [3.63, 3.8) is 0 Å². The van der Waals surface area contributed by atoms with Crippen LogP contribution in [0.2, 0.25) is 0 Å². The minimum absolute atomic E-state index is 0.103. The van der Waals surface area contributed by atoms with Crippen molar-refractivity contribution in [3.8, 4) is 28.6 Å². The number of methoxy groups -OCH3 is 1. The first-order chi connectivity index (χ1) is 17.2. The second kappa shape index (κ2) is 11.0. The molecule has 184 valence electrons. The van der Waals surface area contributed by atoms with Crippen LogP contribution in [0.3, 0.4) is 0 Å². The molecule has 9 heteroatoms. The third-order valence-electron chi connectivity index (χ3n) is 6.32. The molecule has 0 saturated heterocycles. The molecule has 2 heterocycles. The zero-order chi connectivity index (χ0) is 24.0. The van der Waals surface area contributed by atoms with Gasteiger partial charge in [0, 0.05) is 29.8 Å². The number of ether oxygens (including phenoxy) is 3. The second-order valence-electron chi connectivity index (χ2n) is 8.75. The lowest BCUT2D eigenvalue weighted by molar-refractivity contribution is -0.113. The highest BCUT2D eigenvalue weighted by Crippen LogP contribution is 2.36. The van der Waals surface area contributed by atoms with E-state index in [1.807, 2.05) is 42.5 Å². The molecule has 3 aromatic rings. The monoisotopic (exact) mass is 494 g/mol. The summed E-state index contributed by atoms with van der Waals surface area (Å²) in [5.74, 6) is 3.15. The number of anilines is 1. The van der Waals surface area contributed by atoms with Crippen LogP contribution < -0.4 is 19.5 Å². The van der Waals surface area contributed by atoms with Gasteiger partial charge in [0.15, 0.2) is 22.5 Å². The maximum absolute atomic E-state index is 12.8. The quantitative estimate of drug-likeness (QED) is 0.443. The number of benzene rings is 2. The summed E-state index contributed by atoms with van der Waals surface area (Å²) < 4.78 is 18.9. The van der Waals surface area contributed by atoms with Crippen LogP contribution >= 0.6 is 11.8 Å². The number of amides is 1. The third kappa shape index (κ3) is 5.56. The molecule has 1 amide bonds. The molecule has 35 heavy (non-hydrogen) atoms. The number of rotatable bonds is 7. The van der Waals surface area contributed by atoms with Crippen molar-refractivity contribution in [1.29, 1.82) is 0 Å². The Morgan fingerprint density at radius 2 is 1.80 bits per heavy atom. The zero-order valence-electron chi connectivity index (χ0n) is 19.9. The van der Waals surface area contributed by atoms with Gasteiger partial charge < -0.3 is 19.5 Å². The van der Waals surface area contributed by atoms with E-state index in [9.17, 15) is 4.79 Å². The molecule has 2 aromatic carbocycles. The summed E-state index contributed by atoms with van der Waals surface area (Å²) in [6.45, 7) is 1.24. The lowest BCUT2D eigenvalue weighted by atomic mass is 9.95. The van der Waals surface area contributed by atoms with Crippen molar-refractivity contribution in [3.05, 3.63) is 42.5 Å². The predicted molar refractivity (Wildman–Crippen MR) is 136 cm³/mol. The molecule has 0 radical (unpaired) electrons. The van der Waals surface area contributed by atoms with Gasteiger partial charge in [0.25, 0.3) is 0 Å². The van der Waals surface area contributed by atoms with Gasteiger partial charge >= 0.3 is 0 Å². The molecule has 1 saturated carbocycles. The van der Waals surface area contributed by atoms with Crippen molar-refractivity contribution >= 4 is 23.4 Å². The average molecular weight is 495 g/mol. The van der Waals surface area contributed by atoms with Crippen LogP contribution in [-0.4, -0.2) is 46.7 Å². The molecule has 0 spiro atoms. The normalized spacial score (nSPS) is 15.9. The van der Waals surface area contributed by atoms with Crippen LogP contribution in [0.25, 0.3) is 11.4 Å². The fourth-order valence-corrected chi connectivity index (χ4v) is 5.35. The highest BCUT2D eigenvalue weighted by atomic mass is 32.2. The van der Waals surface area contributed by atoms with E-state index in [0.29, 0.717) is 36.4 Å². The maximum Gasteiger partial charge on any atom is 0.234 e. The molecule has 2 aliphatic rings. The van der Waals surface area contributed by atoms with Crippen LogP contribution in [0.1, 0.15) is 44.6 Å². The van der Waals surface area contributed by atoms with Gasteiger partial charge in [-0.15, -0.1) is 10.2 Å². The van der Waals surface area contributed by atoms with Crippen molar-refractivity contribution in [2.24, 2.45) is 0 Å². The minimum atomic E-state index is -0.103. The van der Waals surface area contributed by atoms with E-state index in [1.54, 1.807) is 7.11 Å². The molecule has 1 aromatic heterocycles. The molecule has 1 aliphatic heterocycles. The molecular weight excluding hydrogens is 464 g/mol. The first-order valence-corrected chi connectivity index (χ1v) is 13.1. The number of hydrogen-bond acceptors (Lipinski definition) is 7. The molecule has 5 rings (SSSR count). The summed E-state index contributed by atoms with van der Waals surface area (Å²) in [7, 11) is 1.66. The number of nitrogens with zero attached hydrogens (tertiary/aromatic N) is 3. The Bertz CT molecular complexity index is 1160. The summed E-state index contributed by atoms with van der Waals surface area (Å²) in [4.78, 5) is 12.8. The van der Waals surface area contributed by atoms with Crippen LogP contribution in [-0.2, 0) is 4.79 Å². The van der Waals surface area contributed by atoms with Crippen molar-refractivity contribution in [2.75, 3.05) is 31.4 Å². The van der Waals surface area contributed by atoms with E-state index in [-0.39, 0.29) is 11.7 Å². The number of hydrogen-bond donors (Lipinski definition) is 1. The molecule has 1 aliphatic carbocycles. The molecule has 0 atom stereocenters. The fraction of sp³-hybridized carbons (Fsp3) is 0.423. The fourth-order valence-electron chi connectivity index (χ4n) is 4.55. The highest BCUT2D eigenvalue weighted by Gasteiger charge is 2.24. The number of aromatic nitrogens is 3. The molecule has 1 fully saturated rings. The molecule has 0 unspecified atom stereocenters. The number of carbonyl (C=O) groups excluding carboxylic acids is 1. The van der Waals surface area contributed by atoms with Crippen LogP contribution in [0.15, 0.2) is 47.6 Å². The van der Waals surface area contributed by atoms with Crippen LogP contribution in [0.4, 0.5) is 5.69 Å². The first-order valence-electron chi connectivity index (χ1n) is 12.1. The lowest BCUT2D eigenvalue weighted by Gasteiger charge is -2.25. The van der Waals surface area contributed by atoms with E-state index >= 15 is 0 Å². The summed E-state index contributed by atoms with van der Waals surface area (Å²) in [6, 6.07) is 13.7. The van der Waals surface area contributed by atoms with E-state index in [4.69, 9.17) is 14.2 Å². The number of thioether (sulfide) groups is 1. The predicted octanol–water partition coefficient (Wildman–Crippen LogP) is 5.35. The SMILES string of the molecule is COc1ccc(-c2nnc(SCC(=O)Nc3ccc4c(c3)OCCCO4)n2C2CCCCC2)cc1. The second-order valence-corrected chi connectivity index (χ2v) is 9.69. The molecule has 0 bridgehead atoms. The Labute approximate surface area is 209 Å². The van der Waals surface area contributed by atoms with Crippen molar-refractivity contribution in [1.82, 2.24) is 14.8 Å². The summed E-state index contributed by atoms with van der Waals surface area (Å²) >= 11 is 1.42. The third-order valence-corrected chi connectivity index (χ3v) is 7.26. The number of carbonyl (C=O) groups is 1. The Kier molecular flexibility index (Phi) is 7.42. The maximum atomic E-state index is 12.8. The van der Waals surface area contributed by atoms with Gasteiger partial charge in [0.2, 0.25) is 5.91 Å². The van der Waals surface area contributed by atoms with E-state index < -0.39 is 0 Å². The zero-order valence-corrected chi connectivity index (χ0v) is 20.7. The Balaban J connectivity index is 1.30. The minimum Gasteiger partial charge on any atom is -0.497 e. The van der Waals surface area contributed by atoms with E-state index in [1.165, 1.54) is 31.0 Å². The van der Waals surface area contributed by atoms with Crippen molar-refractivity contribution < 1.29 is 19.0 Å². The van der Waals surface area contributed by atoms with Gasteiger partial charge in [0.1, 0.15) is 5.75 Å². The Morgan fingerprint density at radius 1 is 1.03 bits per heavy atom. The number of nitrogens with one attached hydrogen (secondary N) is 1. The molecular formula is C26H30N4O4S. The standard InChI is InChI=1S/C26H30N4O4S/c1-32-21-11-8-18(9-12-21)25-28-29-26(30(25)20-6-3-2-4-7-20)35-17-24(31)27-19-10-13-22-23(16-19)34-15-5-14-33-22/h8-13,16,20H,2-7,14-15,17H2,1H3,(H,27,31). The summed E-state index contributed by atoms with van der Waals surface area (Å²) in [6.07, 6.45) is 6.68. The van der Waals surface area contributed by atoms with Gasteiger partial charge in [-0.05, 0) is 49.2 Å². The van der Waals surface area contributed by atoms with Gasteiger partial charge in [-0.1, -0.05) is 31.0 Å². The average Bonchev–Trinajstić information content (AvgIpc) is 3.18. The van der Waals surface area contributed by atoms with Gasteiger partial charge in [-0.2, -0.15) is 0 Å². The van der Waals surface area contributed by atoms with Gasteiger partial charge in [0.05, 0.1) is 26.1 Å². The molecule has 1 N–H and O–H groups in total. The Hall–Kier alpha value is -3.20. The topological polar surface area (TPSA) is 87.5 Å². The number of fused-ring (bicyclic) bond motifs is 1. The Morgan fingerprint density at radius 3 is 2.57 bits per heavy atom. The van der Waals surface area contributed by atoms with E-state index in [0.717, 1.165) is 41.6 Å². The van der Waals surface area contributed by atoms with Crippen LogP contribution in [0, 0.1) is 0 Å². The molecule has 8 nitrogen and oxygen atoms in total. The van der Waals surface area contributed by atoms with Gasteiger partial charge in [-0.3, -0.25) is 9.36 Å². The van der Waals surface area contributed by atoms with Crippen molar-refractivity contribution in [2.45, 2.75) is 49.7 Å². The van der Waals surface area contributed by atoms with Crippen LogP contribution in [0.5, 0.6) is 17.2 Å².